The van der Waals surface area contributed by atoms with Gasteiger partial charge in [0.1, 0.15) is 12.2 Å². The number of esters is 1. The number of hydrogen-bond donors (Lipinski definition) is 2. The van der Waals surface area contributed by atoms with Crippen LogP contribution in [0.15, 0.2) is 11.3 Å². The van der Waals surface area contributed by atoms with Crippen molar-refractivity contribution in [2.24, 2.45) is 4.99 Å². The van der Waals surface area contributed by atoms with Gasteiger partial charge in [0.25, 0.3) is 0 Å². The summed E-state index contributed by atoms with van der Waals surface area (Å²) in [5.41, 5.74) is 0. The molecule has 0 atom stereocenters. The number of hydrogen-bond acceptors (Lipinski definition) is 5. The normalized spacial score (nSPS) is 11.6. The van der Waals surface area contributed by atoms with Crippen LogP contribution in [-0.2, 0) is 22.5 Å². The summed E-state index contributed by atoms with van der Waals surface area (Å²) in [6, 6.07) is 0. The second-order valence-electron chi connectivity index (χ2n) is 5.01. The highest BCUT2D eigenvalue weighted by Gasteiger charge is 2.06. The Kier molecular flexibility index (Phi) is 7.95. The monoisotopic (exact) mass is 310 g/mol. The second kappa shape index (κ2) is 9.75. The maximum Gasteiger partial charge on any atom is 0.307 e. The summed E-state index contributed by atoms with van der Waals surface area (Å²) >= 11 is 0. The summed E-state index contributed by atoms with van der Waals surface area (Å²) in [6.45, 7) is 7.65. The van der Waals surface area contributed by atoms with Crippen LogP contribution in [0.2, 0.25) is 0 Å². The molecule has 2 N–H and O–H groups in total. The Morgan fingerprint density at radius 2 is 2.14 bits per heavy atom. The minimum Gasteiger partial charge on any atom is -0.463 e. The summed E-state index contributed by atoms with van der Waals surface area (Å²) in [4.78, 5) is 15.5. The standard InChI is InChI=1S/C14H26N6O2/c1-5-12-19-18-10-20(12)9-8-17-14(15-4)16-7-6-13(21)22-11(2)3/h10-11H,5-9H2,1-4H3,(H2,15,16,17). The first kappa shape index (κ1) is 17.9. The third-order valence-electron chi connectivity index (χ3n) is 2.87. The van der Waals surface area contributed by atoms with Crippen molar-refractivity contribution in [2.75, 3.05) is 20.1 Å². The Morgan fingerprint density at radius 1 is 1.41 bits per heavy atom. The smallest absolute Gasteiger partial charge is 0.307 e. The molecule has 1 aromatic heterocycles. The van der Waals surface area contributed by atoms with Crippen molar-refractivity contribution in [1.29, 1.82) is 0 Å². The molecule has 0 aromatic carbocycles. The molecular weight excluding hydrogens is 284 g/mol. The molecule has 22 heavy (non-hydrogen) atoms. The highest BCUT2D eigenvalue weighted by molar-refractivity contribution is 5.80. The molecule has 0 amide bonds. The predicted molar refractivity (Wildman–Crippen MR) is 84.6 cm³/mol. The first-order valence-electron chi connectivity index (χ1n) is 7.57. The molecular formula is C14H26N6O2. The largest absolute Gasteiger partial charge is 0.463 e. The zero-order chi connectivity index (χ0) is 16.4. The Balaban J connectivity index is 2.24. The van der Waals surface area contributed by atoms with E-state index < -0.39 is 0 Å². The van der Waals surface area contributed by atoms with Crippen LogP contribution in [0, 0.1) is 0 Å². The number of aromatic nitrogens is 3. The van der Waals surface area contributed by atoms with E-state index in [0.717, 1.165) is 18.8 Å². The van der Waals surface area contributed by atoms with E-state index in [-0.39, 0.29) is 12.1 Å². The fourth-order valence-electron chi connectivity index (χ4n) is 1.86. The number of aryl methyl sites for hydroxylation is 1. The van der Waals surface area contributed by atoms with Crippen molar-refractivity contribution in [3.8, 4) is 0 Å². The third kappa shape index (κ3) is 6.55. The number of guanidine groups is 1. The number of aliphatic imine (C=N–C) groups is 1. The van der Waals surface area contributed by atoms with Gasteiger partial charge in [-0.3, -0.25) is 9.79 Å². The molecule has 1 aromatic rings. The van der Waals surface area contributed by atoms with Crippen LogP contribution < -0.4 is 10.6 Å². The molecule has 1 rings (SSSR count). The van der Waals surface area contributed by atoms with Gasteiger partial charge >= 0.3 is 5.97 Å². The van der Waals surface area contributed by atoms with E-state index >= 15 is 0 Å². The molecule has 0 saturated heterocycles. The Hall–Kier alpha value is -2.12. The molecule has 0 aliphatic heterocycles. The number of ether oxygens (including phenoxy) is 1. The first-order chi connectivity index (χ1) is 10.6. The van der Waals surface area contributed by atoms with Crippen molar-refractivity contribution in [3.05, 3.63) is 12.2 Å². The predicted octanol–water partition coefficient (Wildman–Crippen LogP) is 0.347. The molecule has 8 heteroatoms. The number of nitrogens with one attached hydrogen (secondary N) is 2. The van der Waals surface area contributed by atoms with Gasteiger partial charge in [0.05, 0.1) is 12.5 Å². The average Bonchev–Trinajstić information content (AvgIpc) is 2.92. The van der Waals surface area contributed by atoms with Gasteiger partial charge in [-0.15, -0.1) is 10.2 Å². The maximum absolute atomic E-state index is 11.4. The van der Waals surface area contributed by atoms with Crippen LogP contribution >= 0.6 is 0 Å². The zero-order valence-electron chi connectivity index (χ0n) is 13.8. The summed E-state index contributed by atoms with van der Waals surface area (Å²) in [5, 5.41) is 14.2. The minimum absolute atomic E-state index is 0.0820. The van der Waals surface area contributed by atoms with Crippen molar-refractivity contribution in [3.63, 3.8) is 0 Å². The molecule has 0 fully saturated rings. The van der Waals surface area contributed by atoms with Gasteiger partial charge in [0.2, 0.25) is 0 Å². The molecule has 0 aliphatic carbocycles. The molecule has 1 heterocycles. The van der Waals surface area contributed by atoms with E-state index in [2.05, 4.69) is 25.8 Å². The maximum atomic E-state index is 11.4. The topological polar surface area (TPSA) is 93.4 Å². The number of carbonyl (C=O) groups excluding carboxylic acids is 1. The van der Waals surface area contributed by atoms with Crippen LogP contribution in [0.3, 0.4) is 0 Å². The summed E-state index contributed by atoms with van der Waals surface area (Å²) in [5.74, 6) is 1.40. The average molecular weight is 310 g/mol. The fraction of sp³-hybridized carbons (Fsp3) is 0.714. The second-order valence-corrected chi connectivity index (χ2v) is 5.01. The van der Waals surface area contributed by atoms with Crippen molar-refractivity contribution in [1.82, 2.24) is 25.4 Å². The Bertz CT molecular complexity index is 483. The van der Waals surface area contributed by atoms with Crippen LogP contribution in [0.1, 0.15) is 33.0 Å². The lowest BCUT2D eigenvalue weighted by Gasteiger charge is -2.13. The highest BCUT2D eigenvalue weighted by atomic mass is 16.5. The van der Waals surface area contributed by atoms with Crippen molar-refractivity contribution < 1.29 is 9.53 Å². The fourth-order valence-corrected chi connectivity index (χ4v) is 1.86. The van der Waals surface area contributed by atoms with Crippen LogP contribution in [0.25, 0.3) is 0 Å². The molecule has 0 radical (unpaired) electrons. The van der Waals surface area contributed by atoms with Gasteiger partial charge in [-0.25, -0.2) is 0 Å². The molecule has 0 aliphatic rings. The SMILES string of the molecule is CCc1nncn1CCNC(=NC)NCCC(=O)OC(C)C. The Morgan fingerprint density at radius 3 is 2.77 bits per heavy atom. The quantitative estimate of drug-likeness (QED) is 0.409. The van der Waals surface area contributed by atoms with Gasteiger partial charge in [0.15, 0.2) is 5.96 Å². The lowest BCUT2D eigenvalue weighted by molar-refractivity contribution is -0.147. The van der Waals surface area contributed by atoms with Gasteiger partial charge < -0.3 is 19.9 Å². The van der Waals surface area contributed by atoms with Gasteiger partial charge in [0, 0.05) is 33.1 Å². The molecule has 0 bridgehead atoms. The first-order valence-corrected chi connectivity index (χ1v) is 7.57. The Labute approximate surface area is 131 Å². The highest BCUT2D eigenvalue weighted by Crippen LogP contribution is 1.95. The molecule has 0 unspecified atom stereocenters. The summed E-state index contributed by atoms with van der Waals surface area (Å²) < 4.78 is 7.07. The summed E-state index contributed by atoms with van der Waals surface area (Å²) in [6.07, 6.45) is 2.80. The van der Waals surface area contributed by atoms with Crippen molar-refractivity contribution >= 4 is 11.9 Å². The van der Waals surface area contributed by atoms with Crippen LogP contribution in [0.4, 0.5) is 0 Å². The van der Waals surface area contributed by atoms with E-state index in [4.69, 9.17) is 4.74 Å². The molecule has 0 spiro atoms. The van der Waals surface area contributed by atoms with E-state index in [9.17, 15) is 4.79 Å². The molecule has 0 saturated carbocycles. The van der Waals surface area contributed by atoms with Crippen LogP contribution in [-0.4, -0.2) is 52.9 Å². The van der Waals surface area contributed by atoms with Gasteiger partial charge in [-0.05, 0) is 13.8 Å². The lowest BCUT2D eigenvalue weighted by atomic mass is 10.4. The van der Waals surface area contributed by atoms with E-state index in [1.165, 1.54) is 0 Å². The third-order valence-corrected chi connectivity index (χ3v) is 2.87. The van der Waals surface area contributed by atoms with Gasteiger partial charge in [-0.2, -0.15) is 0 Å². The number of rotatable bonds is 8. The van der Waals surface area contributed by atoms with Gasteiger partial charge in [-0.1, -0.05) is 6.92 Å². The zero-order valence-corrected chi connectivity index (χ0v) is 13.8. The van der Waals surface area contributed by atoms with E-state index in [1.54, 1.807) is 13.4 Å². The van der Waals surface area contributed by atoms with Crippen LogP contribution in [0.5, 0.6) is 0 Å². The van der Waals surface area contributed by atoms with Crippen molar-refractivity contribution in [2.45, 2.75) is 46.3 Å². The molecule has 8 nitrogen and oxygen atoms in total. The van der Waals surface area contributed by atoms with E-state index in [1.807, 2.05) is 25.3 Å². The van der Waals surface area contributed by atoms with E-state index in [0.29, 0.717) is 25.5 Å². The number of nitrogens with zero attached hydrogens (tertiary/aromatic N) is 4. The lowest BCUT2D eigenvalue weighted by Crippen LogP contribution is -2.40. The molecule has 124 valence electrons. The number of carbonyl (C=O) groups is 1. The minimum atomic E-state index is -0.213. The summed E-state index contributed by atoms with van der Waals surface area (Å²) in [7, 11) is 1.69.